The van der Waals surface area contributed by atoms with Crippen molar-refractivity contribution in [3.8, 4) is 11.8 Å². The summed E-state index contributed by atoms with van der Waals surface area (Å²) in [5, 5.41) is 20.4. The minimum Gasteiger partial charge on any atom is -0.473 e. The van der Waals surface area contributed by atoms with Crippen molar-refractivity contribution in [3.05, 3.63) is 125 Å². The van der Waals surface area contributed by atoms with E-state index in [1.54, 1.807) is 12.1 Å². The van der Waals surface area contributed by atoms with Gasteiger partial charge in [-0.25, -0.2) is 0 Å². The molecule has 2 N–H and O–H groups in total. The lowest BCUT2D eigenvalue weighted by molar-refractivity contribution is -0.222. The number of nitrogens with zero attached hydrogens (tertiary/aromatic N) is 1. The number of rotatable bonds is 9. The molecule has 0 bridgehead atoms. The van der Waals surface area contributed by atoms with Crippen LogP contribution in [0.5, 0.6) is 11.8 Å². The molecule has 3 aromatic carbocycles. The van der Waals surface area contributed by atoms with Crippen molar-refractivity contribution in [3.63, 3.8) is 0 Å². The van der Waals surface area contributed by atoms with E-state index in [4.69, 9.17) is 28.7 Å². The van der Waals surface area contributed by atoms with Gasteiger partial charge in [-0.2, -0.15) is 4.98 Å². The van der Waals surface area contributed by atoms with Gasteiger partial charge in [-0.3, -0.25) is 0 Å². The fourth-order valence-corrected chi connectivity index (χ4v) is 4.85. The van der Waals surface area contributed by atoms with Gasteiger partial charge < -0.3 is 33.9 Å². The Morgan fingerprint density at radius 3 is 1.97 bits per heavy atom. The van der Waals surface area contributed by atoms with Crippen LogP contribution in [0.1, 0.15) is 22.3 Å². The van der Waals surface area contributed by atoms with Crippen LogP contribution in [-0.4, -0.2) is 46.4 Å². The third-order valence-electron chi connectivity index (χ3n) is 6.85. The van der Waals surface area contributed by atoms with Crippen molar-refractivity contribution in [2.75, 3.05) is 6.61 Å². The van der Waals surface area contributed by atoms with E-state index in [1.807, 2.05) is 91.0 Å². The average molecular weight is 528 g/mol. The number of hydrogen-bond acceptors (Lipinski definition) is 8. The maximum absolute atomic E-state index is 10.8. The van der Waals surface area contributed by atoms with Crippen LogP contribution in [0.2, 0.25) is 0 Å². The summed E-state index contributed by atoms with van der Waals surface area (Å²) >= 11 is 0. The van der Waals surface area contributed by atoms with Crippen molar-refractivity contribution in [1.29, 1.82) is 0 Å². The summed E-state index contributed by atoms with van der Waals surface area (Å²) in [5.74, 6) is -0.834. The van der Waals surface area contributed by atoms with Crippen molar-refractivity contribution < 1.29 is 33.9 Å². The highest BCUT2D eigenvalue weighted by molar-refractivity contribution is 5.42. The number of hydrogen-bond donors (Lipinski definition) is 2. The van der Waals surface area contributed by atoms with Crippen LogP contribution in [0.3, 0.4) is 0 Å². The van der Waals surface area contributed by atoms with Gasteiger partial charge in [0.25, 0.3) is 0 Å². The normalized spacial score (nSPS) is 25.8. The highest BCUT2D eigenvalue weighted by Gasteiger charge is 2.59. The summed E-state index contributed by atoms with van der Waals surface area (Å²) in [7, 11) is 0. The molecule has 1 aromatic heterocycles. The number of aliphatic hydroxyl groups is 2. The molecule has 8 heteroatoms. The van der Waals surface area contributed by atoms with Gasteiger partial charge in [-0.15, -0.1) is 0 Å². The molecule has 2 aliphatic heterocycles. The Morgan fingerprint density at radius 1 is 0.744 bits per heavy atom. The zero-order chi connectivity index (χ0) is 26.7. The minimum atomic E-state index is -1.48. The lowest BCUT2D eigenvalue weighted by Crippen LogP contribution is -2.38. The molecule has 0 spiro atoms. The number of aliphatic hydroxyl groups excluding tert-OH is 2. The quantitative estimate of drug-likeness (QED) is 0.338. The van der Waals surface area contributed by atoms with E-state index < -0.39 is 30.4 Å². The highest BCUT2D eigenvalue weighted by atomic mass is 16.8. The smallest absolute Gasteiger partial charge is 0.230 e. The van der Waals surface area contributed by atoms with E-state index in [0.717, 1.165) is 11.1 Å². The summed E-state index contributed by atoms with van der Waals surface area (Å²) in [5.41, 5.74) is 3.16. The highest BCUT2D eigenvalue weighted by Crippen LogP contribution is 2.49. The van der Waals surface area contributed by atoms with Crippen LogP contribution in [-0.2, 0) is 33.2 Å². The van der Waals surface area contributed by atoms with Crippen LogP contribution < -0.4 is 9.47 Å². The van der Waals surface area contributed by atoms with Crippen LogP contribution in [0.15, 0.2) is 103 Å². The van der Waals surface area contributed by atoms with Crippen LogP contribution in [0.25, 0.3) is 0 Å². The van der Waals surface area contributed by atoms with Crippen molar-refractivity contribution in [2.24, 2.45) is 0 Å². The molecule has 0 radical (unpaired) electrons. The van der Waals surface area contributed by atoms with Gasteiger partial charge >= 0.3 is 0 Å². The largest absolute Gasteiger partial charge is 0.473 e. The zero-order valence-electron chi connectivity index (χ0n) is 21.1. The molecule has 2 fully saturated rings. The molecule has 2 saturated heterocycles. The van der Waals surface area contributed by atoms with Crippen molar-refractivity contribution in [2.45, 2.75) is 43.6 Å². The van der Waals surface area contributed by atoms with Gasteiger partial charge in [0.2, 0.25) is 17.5 Å². The molecular formula is C31H29NO7. The molecule has 2 aliphatic rings. The Morgan fingerprint density at radius 2 is 1.36 bits per heavy atom. The lowest BCUT2D eigenvalue weighted by atomic mass is 9.98. The molecular weight excluding hydrogens is 498 g/mol. The van der Waals surface area contributed by atoms with E-state index in [1.165, 1.54) is 0 Å². The Bertz CT molecular complexity index is 1370. The van der Waals surface area contributed by atoms with Gasteiger partial charge in [-0.05, 0) is 17.2 Å². The maximum atomic E-state index is 10.8. The fraction of sp³-hybridized carbons (Fsp3) is 0.258. The first-order valence-electron chi connectivity index (χ1n) is 12.9. The zero-order valence-corrected chi connectivity index (χ0v) is 21.1. The molecule has 0 saturated carbocycles. The summed E-state index contributed by atoms with van der Waals surface area (Å²) in [6, 6.07) is 32.5. The number of fused-ring (bicyclic) bond motifs is 1. The summed E-state index contributed by atoms with van der Waals surface area (Å²) in [6.07, 6.45) is -3.58. The Kier molecular flexibility index (Phi) is 7.28. The van der Waals surface area contributed by atoms with Crippen molar-refractivity contribution >= 4 is 0 Å². The number of pyridine rings is 1. The van der Waals surface area contributed by atoms with Crippen LogP contribution in [0.4, 0.5) is 0 Å². The molecule has 0 aliphatic carbocycles. The van der Waals surface area contributed by atoms with E-state index in [0.29, 0.717) is 23.6 Å². The average Bonchev–Trinajstić information content (AvgIpc) is 3.52. The first kappa shape index (κ1) is 25.5. The Labute approximate surface area is 226 Å². The predicted octanol–water partition coefficient (Wildman–Crippen LogP) is 3.93. The SMILES string of the molecule is OC[C@@H]1O[C@@H]2O[C@](c3ccccc3)(c3ccc(OCc4ccccc4)nc3OCc3ccccc3)O[C@H]2[C@@H]1O. The van der Waals surface area contributed by atoms with E-state index in [2.05, 4.69) is 0 Å². The molecule has 39 heavy (non-hydrogen) atoms. The summed E-state index contributed by atoms with van der Waals surface area (Å²) < 4.78 is 31.0. The summed E-state index contributed by atoms with van der Waals surface area (Å²) in [4.78, 5) is 4.71. The topological polar surface area (TPSA) is 99.5 Å². The number of ether oxygens (including phenoxy) is 5. The molecule has 0 unspecified atom stereocenters. The lowest BCUT2D eigenvalue weighted by Gasteiger charge is -2.32. The van der Waals surface area contributed by atoms with E-state index in [9.17, 15) is 10.2 Å². The fourth-order valence-electron chi connectivity index (χ4n) is 4.85. The molecule has 6 rings (SSSR count). The van der Waals surface area contributed by atoms with Gasteiger partial charge in [-0.1, -0.05) is 91.0 Å². The second-order valence-corrected chi connectivity index (χ2v) is 9.45. The van der Waals surface area contributed by atoms with Crippen LogP contribution in [0, 0.1) is 0 Å². The predicted molar refractivity (Wildman–Crippen MR) is 141 cm³/mol. The van der Waals surface area contributed by atoms with Crippen LogP contribution >= 0.6 is 0 Å². The summed E-state index contributed by atoms with van der Waals surface area (Å²) in [6.45, 7) is 0.251. The van der Waals surface area contributed by atoms with Gasteiger partial charge in [0.1, 0.15) is 31.5 Å². The van der Waals surface area contributed by atoms with Gasteiger partial charge in [0.05, 0.1) is 12.2 Å². The molecule has 8 nitrogen and oxygen atoms in total. The first-order chi connectivity index (χ1) is 19.2. The first-order valence-corrected chi connectivity index (χ1v) is 12.9. The molecule has 4 aromatic rings. The Balaban J connectivity index is 1.38. The van der Waals surface area contributed by atoms with E-state index in [-0.39, 0.29) is 19.1 Å². The monoisotopic (exact) mass is 527 g/mol. The van der Waals surface area contributed by atoms with Crippen molar-refractivity contribution in [1.82, 2.24) is 4.98 Å². The molecule has 3 heterocycles. The Hall–Kier alpha value is -3.79. The van der Waals surface area contributed by atoms with Gasteiger partial charge in [0.15, 0.2) is 6.29 Å². The second kappa shape index (κ2) is 11.1. The third kappa shape index (κ3) is 5.13. The number of aromatic nitrogens is 1. The minimum absolute atomic E-state index is 0.256. The second-order valence-electron chi connectivity index (χ2n) is 9.45. The molecule has 200 valence electrons. The molecule has 5 atom stereocenters. The maximum Gasteiger partial charge on any atom is 0.230 e. The molecule has 0 amide bonds. The third-order valence-corrected chi connectivity index (χ3v) is 6.85. The standard InChI is InChI=1S/C31H29NO7/c33-18-25-27(34)28-30(37-25)39-31(38-28,23-14-8-3-9-15-23)24-16-17-26(35-19-21-10-4-1-5-11-21)32-29(24)36-20-22-12-6-2-7-13-22/h1-17,25,27-28,30,33-34H,18-20H2/t25-,27+,28-,30+,31+/m0/s1. The van der Waals surface area contributed by atoms with Gasteiger partial charge in [0, 0.05) is 11.6 Å². The van der Waals surface area contributed by atoms with E-state index >= 15 is 0 Å². The number of benzene rings is 3.